The molecule has 0 aliphatic heterocycles. The van der Waals surface area contributed by atoms with Crippen LogP contribution < -0.4 is 0 Å². The molecule has 18 heavy (non-hydrogen) atoms. The summed E-state index contributed by atoms with van der Waals surface area (Å²) in [5.41, 5.74) is 0. The molecule has 0 saturated heterocycles. The maximum Gasteiger partial charge on any atom is -0.0386 e. The predicted molar refractivity (Wildman–Crippen MR) is 78.6 cm³/mol. The Bertz CT molecular complexity index is 222. The van der Waals surface area contributed by atoms with Crippen LogP contribution in [0, 0.1) is 23.7 Å². The summed E-state index contributed by atoms with van der Waals surface area (Å²) in [6, 6.07) is 0. The van der Waals surface area contributed by atoms with Crippen LogP contribution in [0.1, 0.15) is 89.9 Å². The zero-order chi connectivity index (χ0) is 12.2. The topological polar surface area (TPSA) is 0 Å². The first-order chi connectivity index (χ1) is 8.93. The molecular weight excluding hydrogens is 216 g/mol. The minimum Gasteiger partial charge on any atom is -0.0533 e. The highest BCUT2D eigenvalue weighted by molar-refractivity contribution is 4.86. The van der Waals surface area contributed by atoms with E-state index in [1.165, 1.54) is 44.4 Å². The average Bonchev–Trinajstić information content (AvgIpc) is 3.22. The van der Waals surface area contributed by atoms with Crippen LogP contribution in [0.4, 0.5) is 0 Å². The van der Waals surface area contributed by atoms with E-state index >= 15 is 0 Å². The Kier molecular flexibility index (Phi) is 4.65. The van der Waals surface area contributed by atoms with Crippen LogP contribution in [-0.2, 0) is 0 Å². The maximum absolute atomic E-state index is 1.59. The van der Waals surface area contributed by atoms with Gasteiger partial charge in [0, 0.05) is 0 Å². The van der Waals surface area contributed by atoms with E-state index in [-0.39, 0.29) is 0 Å². The molecule has 0 spiro atoms. The Balaban J connectivity index is 1.46. The fourth-order valence-corrected chi connectivity index (χ4v) is 4.79. The number of rotatable bonds is 2. The van der Waals surface area contributed by atoms with Crippen LogP contribution in [0.15, 0.2) is 0 Å². The van der Waals surface area contributed by atoms with Crippen molar-refractivity contribution in [3.63, 3.8) is 0 Å². The summed E-state index contributed by atoms with van der Waals surface area (Å²) in [5, 5.41) is 0. The molecule has 0 heterocycles. The van der Waals surface area contributed by atoms with Crippen LogP contribution in [0.2, 0.25) is 0 Å². The summed E-state index contributed by atoms with van der Waals surface area (Å²) in [7, 11) is 0. The van der Waals surface area contributed by atoms with E-state index in [1.807, 2.05) is 0 Å². The van der Waals surface area contributed by atoms with Crippen LogP contribution in [-0.4, -0.2) is 0 Å². The Hall–Kier alpha value is 0. The standard InChI is InChI=1S/C18H32/c1-2-4-6-8-15(7-5-3-1)16-9-11-17(12-10-16)18-13-14-18/h15-18H,1-14H2. The molecule has 3 saturated carbocycles. The second kappa shape index (κ2) is 6.44. The zero-order valence-corrected chi connectivity index (χ0v) is 12.2. The Labute approximate surface area is 114 Å². The van der Waals surface area contributed by atoms with Gasteiger partial charge in [0.1, 0.15) is 0 Å². The van der Waals surface area contributed by atoms with Crippen molar-refractivity contribution in [2.24, 2.45) is 23.7 Å². The van der Waals surface area contributed by atoms with Gasteiger partial charge < -0.3 is 0 Å². The summed E-state index contributed by atoms with van der Waals surface area (Å²) in [6.07, 6.45) is 21.8. The van der Waals surface area contributed by atoms with Crippen LogP contribution in [0.3, 0.4) is 0 Å². The van der Waals surface area contributed by atoms with Gasteiger partial charge in [-0.1, -0.05) is 51.4 Å². The molecule has 0 radical (unpaired) electrons. The summed E-state index contributed by atoms with van der Waals surface area (Å²) in [4.78, 5) is 0. The molecule has 3 aliphatic carbocycles. The summed E-state index contributed by atoms with van der Waals surface area (Å²) in [5.74, 6) is 4.56. The van der Waals surface area contributed by atoms with Crippen molar-refractivity contribution in [2.75, 3.05) is 0 Å². The van der Waals surface area contributed by atoms with Crippen molar-refractivity contribution in [2.45, 2.75) is 89.9 Å². The van der Waals surface area contributed by atoms with Gasteiger partial charge in [-0.15, -0.1) is 0 Å². The van der Waals surface area contributed by atoms with Crippen LogP contribution >= 0.6 is 0 Å². The lowest BCUT2D eigenvalue weighted by molar-refractivity contribution is 0.173. The minimum absolute atomic E-state index is 1.11. The van der Waals surface area contributed by atoms with Gasteiger partial charge >= 0.3 is 0 Å². The molecule has 0 bridgehead atoms. The first-order valence-electron chi connectivity index (χ1n) is 8.93. The molecule has 3 aliphatic rings. The minimum atomic E-state index is 1.11. The highest BCUT2D eigenvalue weighted by Gasteiger charge is 2.35. The highest BCUT2D eigenvalue weighted by Crippen LogP contribution is 2.47. The van der Waals surface area contributed by atoms with Crippen molar-refractivity contribution in [3.8, 4) is 0 Å². The van der Waals surface area contributed by atoms with E-state index in [0.29, 0.717) is 0 Å². The van der Waals surface area contributed by atoms with Gasteiger partial charge in [-0.25, -0.2) is 0 Å². The van der Waals surface area contributed by atoms with E-state index in [4.69, 9.17) is 0 Å². The summed E-state index contributed by atoms with van der Waals surface area (Å²) < 4.78 is 0. The molecule has 0 unspecified atom stereocenters. The van der Waals surface area contributed by atoms with Gasteiger partial charge in [0.25, 0.3) is 0 Å². The maximum atomic E-state index is 1.59. The van der Waals surface area contributed by atoms with Gasteiger partial charge in [0.15, 0.2) is 0 Å². The van der Waals surface area contributed by atoms with Gasteiger partial charge in [0.2, 0.25) is 0 Å². The third-order valence-corrected chi connectivity index (χ3v) is 6.17. The van der Waals surface area contributed by atoms with Crippen molar-refractivity contribution in [1.82, 2.24) is 0 Å². The summed E-state index contributed by atoms with van der Waals surface area (Å²) >= 11 is 0. The third kappa shape index (κ3) is 3.52. The second-order valence-electron chi connectivity index (χ2n) is 7.47. The molecule has 3 fully saturated rings. The molecular formula is C18H32. The molecule has 0 nitrogen and oxygen atoms in total. The molecule has 0 atom stereocenters. The lowest BCUT2D eigenvalue weighted by Gasteiger charge is -2.34. The van der Waals surface area contributed by atoms with Crippen molar-refractivity contribution < 1.29 is 0 Å². The predicted octanol–water partition coefficient (Wildman–Crippen LogP) is 5.95. The molecule has 0 aromatic carbocycles. The molecule has 104 valence electrons. The van der Waals surface area contributed by atoms with E-state index < -0.39 is 0 Å². The number of hydrogen-bond acceptors (Lipinski definition) is 0. The number of hydrogen-bond donors (Lipinski definition) is 0. The van der Waals surface area contributed by atoms with Crippen molar-refractivity contribution in [3.05, 3.63) is 0 Å². The SMILES string of the molecule is C1CCCCC(C2CCC(C3CC3)CC2)CCC1. The third-order valence-electron chi connectivity index (χ3n) is 6.17. The van der Waals surface area contributed by atoms with E-state index in [1.54, 1.807) is 51.4 Å². The van der Waals surface area contributed by atoms with Gasteiger partial charge in [-0.3, -0.25) is 0 Å². The largest absolute Gasteiger partial charge is 0.0533 e. The molecule has 0 aromatic heterocycles. The molecule has 0 aromatic rings. The summed E-state index contributed by atoms with van der Waals surface area (Å²) in [6.45, 7) is 0. The first-order valence-corrected chi connectivity index (χ1v) is 8.93. The fourth-order valence-electron chi connectivity index (χ4n) is 4.79. The van der Waals surface area contributed by atoms with E-state index in [9.17, 15) is 0 Å². The van der Waals surface area contributed by atoms with Crippen LogP contribution in [0.25, 0.3) is 0 Å². The lowest BCUT2D eigenvalue weighted by Crippen LogP contribution is -2.22. The van der Waals surface area contributed by atoms with Crippen molar-refractivity contribution in [1.29, 1.82) is 0 Å². The quantitative estimate of drug-likeness (QED) is 0.566. The Morgan fingerprint density at radius 2 is 0.556 bits per heavy atom. The smallest absolute Gasteiger partial charge is 0.0386 e. The zero-order valence-electron chi connectivity index (χ0n) is 12.2. The molecule has 0 N–H and O–H groups in total. The molecule has 0 heteroatoms. The monoisotopic (exact) mass is 248 g/mol. The Morgan fingerprint density at radius 1 is 0.278 bits per heavy atom. The normalized spacial score (nSPS) is 36.7. The van der Waals surface area contributed by atoms with Gasteiger partial charge in [-0.2, -0.15) is 0 Å². The Morgan fingerprint density at radius 3 is 0.944 bits per heavy atom. The van der Waals surface area contributed by atoms with Crippen molar-refractivity contribution >= 4 is 0 Å². The second-order valence-corrected chi connectivity index (χ2v) is 7.47. The molecule has 3 rings (SSSR count). The first kappa shape index (κ1) is 13.0. The molecule has 0 amide bonds. The van der Waals surface area contributed by atoms with Crippen LogP contribution in [0.5, 0.6) is 0 Å². The van der Waals surface area contributed by atoms with Gasteiger partial charge in [-0.05, 0) is 62.2 Å². The van der Waals surface area contributed by atoms with Gasteiger partial charge in [0.05, 0.1) is 0 Å². The lowest BCUT2D eigenvalue weighted by atomic mass is 9.72. The van der Waals surface area contributed by atoms with E-state index in [2.05, 4.69) is 0 Å². The van der Waals surface area contributed by atoms with E-state index in [0.717, 1.165) is 17.8 Å². The highest BCUT2D eigenvalue weighted by atomic mass is 14.4. The fraction of sp³-hybridized carbons (Fsp3) is 1.00. The average molecular weight is 248 g/mol.